The summed E-state index contributed by atoms with van der Waals surface area (Å²) in [4.78, 5) is 39.2. The number of rotatable bonds is 2. The lowest BCUT2D eigenvalue weighted by molar-refractivity contribution is -0.144. The van der Waals surface area contributed by atoms with Gasteiger partial charge in [-0.25, -0.2) is 0 Å². The number of Topliss-reactive ketones (excluding diaryl/α,β-unsaturated/α-hetero) is 2. The molecule has 0 saturated carbocycles. The first-order chi connectivity index (χ1) is 18.7. The summed E-state index contributed by atoms with van der Waals surface area (Å²) < 4.78 is 11.0. The zero-order chi connectivity index (χ0) is 28.9. The van der Waals surface area contributed by atoms with E-state index in [1.54, 1.807) is 6.07 Å². The van der Waals surface area contributed by atoms with Gasteiger partial charge in [-0.1, -0.05) is 26.8 Å². The van der Waals surface area contributed by atoms with Gasteiger partial charge in [0.05, 0.1) is 5.56 Å². The summed E-state index contributed by atoms with van der Waals surface area (Å²) in [7, 11) is 0. The highest BCUT2D eigenvalue weighted by atomic mass is 16.7. The molecule has 1 amide bonds. The number of amides is 1. The average Bonchev–Trinajstić information content (AvgIpc) is 3.33. The fourth-order valence-corrected chi connectivity index (χ4v) is 6.58. The van der Waals surface area contributed by atoms with E-state index in [2.05, 4.69) is 0 Å². The van der Waals surface area contributed by atoms with Gasteiger partial charge in [0, 0.05) is 23.5 Å². The van der Waals surface area contributed by atoms with Gasteiger partial charge in [-0.15, -0.1) is 0 Å². The van der Waals surface area contributed by atoms with Gasteiger partial charge in [0.2, 0.25) is 12.6 Å². The minimum Gasteiger partial charge on any atom is -0.511 e. The Morgan fingerprint density at radius 2 is 1.75 bits per heavy atom. The van der Waals surface area contributed by atoms with Crippen LogP contribution in [0, 0.1) is 11.8 Å². The Morgan fingerprint density at radius 3 is 2.42 bits per heavy atom. The first-order valence-electron chi connectivity index (χ1n) is 13.0. The van der Waals surface area contributed by atoms with Crippen molar-refractivity contribution in [3.8, 4) is 28.4 Å². The van der Waals surface area contributed by atoms with Crippen LogP contribution in [0.5, 0.6) is 17.2 Å². The van der Waals surface area contributed by atoms with Crippen LogP contribution >= 0.6 is 0 Å². The summed E-state index contributed by atoms with van der Waals surface area (Å²) in [5.74, 6) is -5.35. The highest BCUT2D eigenvalue weighted by Crippen LogP contribution is 2.54. The number of hydrogen-bond acceptors (Lipinski definition) is 9. The largest absolute Gasteiger partial charge is 0.511 e. The van der Waals surface area contributed by atoms with Crippen LogP contribution in [0.1, 0.15) is 55.1 Å². The number of hydrogen-bond donors (Lipinski definition) is 5. The standard InChI is InChI=1S/C30H29NO9/c1-29(2,3)17-10-15(12-4-5-19-20(8-12)40-11-39-19)16-7-13-6-14-9-18(32)23(28(31)37)27(36)30(14,38)26(35)21(13)25(34)22(16)24(17)33/h4-5,8,10,13-14,32-33,35,38H,6-7,9,11H2,1-3H3,(H2,31,37)/t13-,14+,30+/m1/s1. The Labute approximate surface area is 229 Å². The van der Waals surface area contributed by atoms with Crippen molar-refractivity contribution in [2.24, 2.45) is 17.6 Å². The fourth-order valence-electron chi connectivity index (χ4n) is 6.58. The molecule has 3 aliphatic carbocycles. The summed E-state index contributed by atoms with van der Waals surface area (Å²) in [6.07, 6.45) is -0.0138. The van der Waals surface area contributed by atoms with Crippen LogP contribution in [0.3, 0.4) is 0 Å². The van der Waals surface area contributed by atoms with E-state index in [1.807, 2.05) is 39.0 Å². The minimum absolute atomic E-state index is 0.0169. The van der Waals surface area contributed by atoms with Gasteiger partial charge in [-0.3, -0.25) is 14.4 Å². The Balaban J connectivity index is 1.57. The van der Waals surface area contributed by atoms with Crippen LogP contribution in [0.15, 0.2) is 46.9 Å². The molecule has 0 fully saturated rings. The molecular weight excluding hydrogens is 518 g/mol. The van der Waals surface area contributed by atoms with Crippen LogP contribution in [-0.4, -0.2) is 50.3 Å². The second-order valence-corrected chi connectivity index (χ2v) is 11.9. The molecule has 1 aliphatic heterocycles. The summed E-state index contributed by atoms with van der Waals surface area (Å²) in [6, 6.07) is 7.27. The van der Waals surface area contributed by atoms with Crippen molar-refractivity contribution >= 4 is 17.5 Å². The smallest absolute Gasteiger partial charge is 0.255 e. The molecule has 0 saturated heterocycles. The number of phenols is 1. The van der Waals surface area contributed by atoms with Crippen LogP contribution in [0.25, 0.3) is 11.1 Å². The van der Waals surface area contributed by atoms with Crippen molar-refractivity contribution in [3.05, 3.63) is 63.6 Å². The van der Waals surface area contributed by atoms with Crippen molar-refractivity contribution < 1.29 is 44.3 Å². The maximum absolute atomic E-state index is 14.1. The molecule has 0 aromatic heterocycles. The molecule has 3 atom stereocenters. The number of aromatic hydroxyl groups is 1. The number of phenolic OH excluding ortho intramolecular Hbond substituents is 1. The van der Waals surface area contributed by atoms with Gasteiger partial charge in [0.15, 0.2) is 22.9 Å². The zero-order valence-corrected chi connectivity index (χ0v) is 22.2. The minimum atomic E-state index is -2.60. The van der Waals surface area contributed by atoms with E-state index in [4.69, 9.17) is 15.2 Å². The number of primary amides is 1. The van der Waals surface area contributed by atoms with E-state index >= 15 is 0 Å². The van der Waals surface area contributed by atoms with Crippen molar-refractivity contribution in [1.29, 1.82) is 0 Å². The SMILES string of the molecule is CC(C)(C)c1cc(-c2ccc3c(c2)OCO3)c2c(c1O)C(=O)C1=C(O)[C@]3(O)C(=O)C(C(N)=O)=C(O)C[C@@H]3C[C@@H]1C2. The number of carbonyl (C=O) groups is 3. The highest BCUT2D eigenvalue weighted by Gasteiger charge is 2.59. The van der Waals surface area contributed by atoms with Crippen molar-refractivity contribution in [2.75, 3.05) is 6.79 Å². The average molecular weight is 548 g/mol. The predicted octanol–water partition coefficient (Wildman–Crippen LogP) is 3.27. The molecule has 2 aromatic carbocycles. The number of ketones is 2. The van der Waals surface area contributed by atoms with E-state index in [1.165, 1.54) is 0 Å². The molecule has 0 bridgehead atoms. The topological polar surface area (TPSA) is 177 Å². The molecule has 0 radical (unpaired) electrons. The molecule has 6 N–H and O–H groups in total. The summed E-state index contributed by atoms with van der Waals surface area (Å²) in [5.41, 5.74) is 3.58. The molecule has 0 unspecified atom stereocenters. The Hall–Kier alpha value is -4.31. The monoisotopic (exact) mass is 547 g/mol. The number of carbonyl (C=O) groups excluding carboxylic acids is 3. The van der Waals surface area contributed by atoms with Crippen molar-refractivity contribution in [3.63, 3.8) is 0 Å². The number of allylic oxidation sites excluding steroid dienone is 2. The van der Waals surface area contributed by atoms with Crippen LogP contribution in [0.4, 0.5) is 0 Å². The summed E-state index contributed by atoms with van der Waals surface area (Å²) in [5, 5.41) is 44.7. The maximum atomic E-state index is 14.1. The summed E-state index contributed by atoms with van der Waals surface area (Å²) >= 11 is 0. The van der Waals surface area contributed by atoms with E-state index in [9.17, 15) is 34.8 Å². The van der Waals surface area contributed by atoms with E-state index in [0.717, 1.165) is 5.56 Å². The lowest BCUT2D eigenvalue weighted by Crippen LogP contribution is -2.57. The number of benzene rings is 2. The Morgan fingerprint density at radius 1 is 1.05 bits per heavy atom. The number of ether oxygens (including phenoxy) is 2. The molecule has 0 spiro atoms. The van der Waals surface area contributed by atoms with Crippen LogP contribution in [0.2, 0.25) is 0 Å². The molecule has 10 nitrogen and oxygen atoms in total. The van der Waals surface area contributed by atoms with Crippen molar-refractivity contribution in [2.45, 2.75) is 51.0 Å². The molecule has 4 aliphatic rings. The van der Waals surface area contributed by atoms with Gasteiger partial charge in [0.1, 0.15) is 22.8 Å². The first kappa shape index (κ1) is 25.9. The lowest BCUT2D eigenvalue weighted by atomic mass is 9.59. The molecule has 208 valence electrons. The Kier molecular flexibility index (Phi) is 5.41. The van der Waals surface area contributed by atoms with Gasteiger partial charge >= 0.3 is 0 Å². The molecule has 2 aromatic rings. The Bertz CT molecular complexity index is 1610. The zero-order valence-electron chi connectivity index (χ0n) is 22.2. The molecule has 1 heterocycles. The van der Waals surface area contributed by atoms with E-state index < -0.39 is 57.4 Å². The number of aliphatic hydroxyl groups excluding tert-OH is 2. The first-order valence-corrected chi connectivity index (χ1v) is 13.0. The third-order valence-corrected chi connectivity index (χ3v) is 8.55. The molecule has 6 rings (SSSR count). The van der Waals surface area contributed by atoms with Crippen molar-refractivity contribution in [1.82, 2.24) is 0 Å². The fraction of sp³-hybridized carbons (Fsp3) is 0.367. The second kappa shape index (κ2) is 8.34. The number of nitrogens with two attached hydrogens (primary N) is 1. The van der Waals surface area contributed by atoms with Gasteiger partial charge < -0.3 is 35.6 Å². The quantitative estimate of drug-likeness (QED) is 0.353. The van der Waals surface area contributed by atoms with E-state index in [0.29, 0.717) is 28.2 Å². The van der Waals surface area contributed by atoms with Crippen LogP contribution < -0.4 is 15.2 Å². The third-order valence-electron chi connectivity index (χ3n) is 8.55. The third kappa shape index (κ3) is 3.41. The van der Waals surface area contributed by atoms with Gasteiger partial charge in [-0.2, -0.15) is 0 Å². The molecular formula is C30H29NO9. The number of fused-ring (bicyclic) bond motifs is 4. The number of aliphatic hydroxyl groups is 3. The van der Waals surface area contributed by atoms with E-state index in [-0.39, 0.29) is 42.9 Å². The molecule has 40 heavy (non-hydrogen) atoms. The lowest BCUT2D eigenvalue weighted by Gasteiger charge is -2.46. The second-order valence-electron chi connectivity index (χ2n) is 11.9. The summed E-state index contributed by atoms with van der Waals surface area (Å²) in [6.45, 7) is 5.77. The predicted molar refractivity (Wildman–Crippen MR) is 141 cm³/mol. The maximum Gasteiger partial charge on any atom is 0.255 e. The normalized spacial score (nSPS) is 25.5. The van der Waals surface area contributed by atoms with Gasteiger partial charge in [0.25, 0.3) is 5.91 Å². The van der Waals surface area contributed by atoms with Crippen LogP contribution in [-0.2, 0) is 21.4 Å². The molecule has 10 heteroatoms. The highest BCUT2D eigenvalue weighted by molar-refractivity contribution is 6.24. The van der Waals surface area contributed by atoms with Gasteiger partial charge in [-0.05, 0) is 59.1 Å².